The number of hydrogen-bond donors (Lipinski definition) is 2. The van der Waals surface area contributed by atoms with Crippen molar-refractivity contribution in [3.63, 3.8) is 0 Å². The van der Waals surface area contributed by atoms with E-state index >= 15 is 0 Å². The molecule has 2 N–H and O–H groups in total. The van der Waals surface area contributed by atoms with Gasteiger partial charge < -0.3 is 15.5 Å². The molecular formula is C23H29IN4O. The summed E-state index contributed by atoms with van der Waals surface area (Å²) in [6.07, 6.45) is 4.08. The number of rotatable bonds is 3. The van der Waals surface area contributed by atoms with E-state index in [1.165, 1.54) is 22.3 Å². The average Bonchev–Trinajstić information content (AvgIpc) is 2.76. The smallest absolute Gasteiger partial charge is 0.242 e. The SMILES string of the molecule is CN=C(NCC(=O)N1CCc2ccccc2C1)NC1CCc2ccccc2C1.I. The summed E-state index contributed by atoms with van der Waals surface area (Å²) in [6, 6.07) is 17.4. The summed E-state index contributed by atoms with van der Waals surface area (Å²) in [4.78, 5) is 18.9. The van der Waals surface area contributed by atoms with Crippen LogP contribution in [-0.2, 0) is 30.6 Å². The number of aryl methyl sites for hydroxylation is 1. The Morgan fingerprint density at radius 2 is 1.69 bits per heavy atom. The van der Waals surface area contributed by atoms with Crippen molar-refractivity contribution in [2.24, 2.45) is 4.99 Å². The quantitative estimate of drug-likeness (QED) is 0.384. The van der Waals surface area contributed by atoms with Gasteiger partial charge in [-0.05, 0) is 47.9 Å². The van der Waals surface area contributed by atoms with Crippen molar-refractivity contribution in [2.75, 3.05) is 20.1 Å². The third kappa shape index (κ3) is 5.29. The van der Waals surface area contributed by atoms with Gasteiger partial charge in [-0.3, -0.25) is 9.79 Å². The van der Waals surface area contributed by atoms with Crippen LogP contribution < -0.4 is 10.6 Å². The molecule has 0 saturated carbocycles. The zero-order valence-electron chi connectivity index (χ0n) is 16.9. The first-order valence-corrected chi connectivity index (χ1v) is 10.1. The largest absolute Gasteiger partial charge is 0.353 e. The number of amides is 1. The van der Waals surface area contributed by atoms with Crippen LogP contribution in [0.25, 0.3) is 0 Å². The second-order valence-electron chi connectivity index (χ2n) is 7.61. The van der Waals surface area contributed by atoms with Crippen LogP contribution in [0.15, 0.2) is 53.5 Å². The molecule has 0 aromatic heterocycles. The van der Waals surface area contributed by atoms with E-state index in [0.29, 0.717) is 18.5 Å². The van der Waals surface area contributed by atoms with Gasteiger partial charge in [0.05, 0.1) is 6.54 Å². The van der Waals surface area contributed by atoms with Gasteiger partial charge in [0.2, 0.25) is 5.91 Å². The molecule has 1 aliphatic carbocycles. The molecule has 0 saturated heterocycles. The van der Waals surface area contributed by atoms with Crippen molar-refractivity contribution in [1.29, 1.82) is 0 Å². The highest BCUT2D eigenvalue weighted by Gasteiger charge is 2.22. The van der Waals surface area contributed by atoms with Crippen molar-refractivity contribution < 1.29 is 4.79 Å². The van der Waals surface area contributed by atoms with Crippen LogP contribution >= 0.6 is 24.0 Å². The highest BCUT2D eigenvalue weighted by molar-refractivity contribution is 14.0. The molecule has 0 radical (unpaired) electrons. The van der Waals surface area contributed by atoms with Gasteiger partial charge in [-0.1, -0.05) is 48.5 Å². The molecule has 1 amide bonds. The molecule has 29 heavy (non-hydrogen) atoms. The van der Waals surface area contributed by atoms with Crippen LogP contribution in [0.2, 0.25) is 0 Å². The van der Waals surface area contributed by atoms with E-state index in [-0.39, 0.29) is 36.4 Å². The predicted octanol–water partition coefficient (Wildman–Crippen LogP) is 2.91. The molecule has 154 valence electrons. The van der Waals surface area contributed by atoms with Gasteiger partial charge in [0.25, 0.3) is 0 Å². The highest BCUT2D eigenvalue weighted by Crippen LogP contribution is 2.21. The summed E-state index contributed by atoms with van der Waals surface area (Å²) < 4.78 is 0. The van der Waals surface area contributed by atoms with Gasteiger partial charge in [0, 0.05) is 26.2 Å². The average molecular weight is 504 g/mol. The molecule has 5 nitrogen and oxygen atoms in total. The number of carbonyl (C=O) groups excluding carboxylic acids is 1. The summed E-state index contributed by atoms with van der Waals surface area (Å²) in [6.45, 7) is 1.75. The monoisotopic (exact) mass is 504 g/mol. The van der Waals surface area contributed by atoms with Gasteiger partial charge in [-0.25, -0.2) is 0 Å². The number of nitrogens with zero attached hydrogens (tertiary/aromatic N) is 2. The van der Waals surface area contributed by atoms with E-state index in [1.807, 2.05) is 11.0 Å². The fourth-order valence-electron chi connectivity index (χ4n) is 4.19. The Bertz CT molecular complexity index is 883. The van der Waals surface area contributed by atoms with Crippen molar-refractivity contribution in [1.82, 2.24) is 15.5 Å². The molecule has 2 aliphatic rings. The zero-order valence-corrected chi connectivity index (χ0v) is 19.2. The van der Waals surface area contributed by atoms with Gasteiger partial charge >= 0.3 is 0 Å². The standard InChI is InChI=1S/C23H28N4O.HI/c1-24-23(26-21-11-10-17-6-2-4-8-19(17)14-21)25-15-22(28)27-13-12-18-7-3-5-9-20(18)16-27;/h2-9,21H,10-16H2,1H3,(H2,24,25,26);1H. The number of nitrogens with one attached hydrogen (secondary N) is 2. The Morgan fingerprint density at radius 1 is 1.03 bits per heavy atom. The lowest BCUT2D eigenvalue weighted by Crippen LogP contribution is -2.49. The second-order valence-corrected chi connectivity index (χ2v) is 7.61. The maximum Gasteiger partial charge on any atom is 0.242 e. The van der Waals surface area contributed by atoms with Crippen LogP contribution in [0.3, 0.4) is 0 Å². The topological polar surface area (TPSA) is 56.7 Å². The summed E-state index contributed by atoms with van der Waals surface area (Å²) in [5.74, 6) is 0.821. The number of carbonyl (C=O) groups is 1. The highest BCUT2D eigenvalue weighted by atomic mass is 127. The van der Waals surface area contributed by atoms with E-state index in [1.54, 1.807) is 7.05 Å². The zero-order chi connectivity index (χ0) is 19.3. The van der Waals surface area contributed by atoms with Crippen molar-refractivity contribution in [3.05, 3.63) is 70.8 Å². The van der Waals surface area contributed by atoms with Crippen molar-refractivity contribution in [3.8, 4) is 0 Å². The molecule has 6 heteroatoms. The molecule has 1 aliphatic heterocycles. The normalized spacial score (nSPS) is 18.2. The number of halogens is 1. The molecule has 0 fully saturated rings. The van der Waals surface area contributed by atoms with E-state index in [2.05, 4.69) is 58.1 Å². The Morgan fingerprint density at radius 3 is 2.41 bits per heavy atom. The molecular weight excluding hydrogens is 475 g/mol. The third-order valence-corrected chi connectivity index (χ3v) is 5.80. The minimum absolute atomic E-state index is 0. The third-order valence-electron chi connectivity index (χ3n) is 5.80. The molecule has 1 heterocycles. The maximum atomic E-state index is 12.7. The van der Waals surface area contributed by atoms with E-state index in [9.17, 15) is 4.79 Å². The summed E-state index contributed by atoms with van der Waals surface area (Å²) >= 11 is 0. The molecule has 4 rings (SSSR count). The predicted molar refractivity (Wildman–Crippen MR) is 128 cm³/mol. The summed E-state index contributed by atoms with van der Waals surface area (Å²) in [7, 11) is 1.76. The molecule has 2 aromatic rings. The van der Waals surface area contributed by atoms with E-state index < -0.39 is 0 Å². The Kier molecular flexibility index (Phi) is 7.52. The van der Waals surface area contributed by atoms with Crippen molar-refractivity contribution in [2.45, 2.75) is 38.3 Å². The van der Waals surface area contributed by atoms with Crippen LogP contribution in [-0.4, -0.2) is 42.9 Å². The first-order chi connectivity index (χ1) is 13.7. The fraction of sp³-hybridized carbons (Fsp3) is 0.391. The first-order valence-electron chi connectivity index (χ1n) is 10.1. The number of fused-ring (bicyclic) bond motifs is 2. The Labute approximate surface area is 190 Å². The molecule has 2 aromatic carbocycles. The maximum absolute atomic E-state index is 12.7. The van der Waals surface area contributed by atoms with Crippen molar-refractivity contribution >= 4 is 35.8 Å². The number of aliphatic imine (C=N–C) groups is 1. The van der Waals surface area contributed by atoms with Crippen LogP contribution in [0.4, 0.5) is 0 Å². The molecule has 1 unspecified atom stereocenters. The number of benzene rings is 2. The summed E-state index contributed by atoms with van der Waals surface area (Å²) in [5.41, 5.74) is 5.47. The lowest BCUT2D eigenvalue weighted by atomic mass is 9.88. The molecule has 1 atom stereocenters. The van der Waals surface area contributed by atoms with Gasteiger partial charge in [0.15, 0.2) is 5.96 Å². The molecule has 0 spiro atoms. The minimum Gasteiger partial charge on any atom is -0.353 e. The summed E-state index contributed by atoms with van der Waals surface area (Å²) in [5, 5.41) is 6.70. The van der Waals surface area contributed by atoms with Crippen LogP contribution in [0, 0.1) is 0 Å². The van der Waals surface area contributed by atoms with Gasteiger partial charge in [0.1, 0.15) is 0 Å². The number of hydrogen-bond acceptors (Lipinski definition) is 2. The van der Waals surface area contributed by atoms with E-state index in [4.69, 9.17) is 0 Å². The Balaban J connectivity index is 0.00000240. The van der Waals surface area contributed by atoms with E-state index in [0.717, 1.165) is 32.2 Å². The molecule has 0 bridgehead atoms. The Hall–Kier alpha value is -2.09. The second kappa shape index (κ2) is 10.1. The first kappa shape index (κ1) is 21.6. The number of guanidine groups is 1. The lowest BCUT2D eigenvalue weighted by molar-refractivity contribution is -0.130. The van der Waals surface area contributed by atoms with Gasteiger partial charge in [-0.2, -0.15) is 0 Å². The fourth-order valence-corrected chi connectivity index (χ4v) is 4.19. The van der Waals surface area contributed by atoms with Gasteiger partial charge in [-0.15, -0.1) is 24.0 Å². The lowest BCUT2D eigenvalue weighted by Gasteiger charge is -2.30. The minimum atomic E-state index is 0. The van der Waals surface area contributed by atoms with Crippen LogP contribution in [0.1, 0.15) is 28.7 Å². The van der Waals surface area contributed by atoms with Crippen LogP contribution in [0.5, 0.6) is 0 Å².